The molecule has 1 N–H and O–H groups in total. The molecule has 0 aromatic carbocycles. The summed E-state index contributed by atoms with van der Waals surface area (Å²) < 4.78 is 0. The lowest BCUT2D eigenvalue weighted by molar-refractivity contribution is -0.116. The Morgan fingerprint density at radius 2 is 2.00 bits per heavy atom. The van der Waals surface area contributed by atoms with Crippen LogP contribution in [0.4, 0.5) is 0 Å². The van der Waals surface area contributed by atoms with Crippen molar-refractivity contribution in [3.8, 4) is 0 Å². The van der Waals surface area contributed by atoms with Crippen molar-refractivity contribution in [3.05, 3.63) is 0 Å². The molecule has 0 bridgehead atoms. The number of carbonyl (C=O) groups excluding carboxylic acids is 1. The first kappa shape index (κ1) is 8.72. The molecule has 0 aromatic rings. The summed E-state index contributed by atoms with van der Waals surface area (Å²) in [4.78, 5) is 10.8. The molecular formula is C9H16O2. The summed E-state index contributed by atoms with van der Waals surface area (Å²) in [5.74, 6) is 0. The van der Waals surface area contributed by atoms with Crippen LogP contribution in [0.2, 0.25) is 0 Å². The maximum atomic E-state index is 10.8. The number of rotatable bonds is 4. The molecule has 2 heteroatoms. The van der Waals surface area contributed by atoms with Crippen LogP contribution >= 0.6 is 0 Å². The van der Waals surface area contributed by atoms with Crippen molar-refractivity contribution in [1.82, 2.24) is 0 Å². The minimum absolute atomic E-state index is 0.0528. The Hall–Kier alpha value is -0.370. The second-order valence-corrected chi connectivity index (χ2v) is 3.51. The van der Waals surface area contributed by atoms with Crippen molar-refractivity contribution >= 4 is 6.29 Å². The van der Waals surface area contributed by atoms with E-state index >= 15 is 0 Å². The van der Waals surface area contributed by atoms with Crippen LogP contribution in [0.15, 0.2) is 0 Å². The molecule has 0 radical (unpaired) electrons. The van der Waals surface area contributed by atoms with Crippen LogP contribution in [-0.2, 0) is 4.79 Å². The number of aliphatic hydroxyl groups excluding tert-OH is 1. The second kappa shape index (κ2) is 3.86. The quantitative estimate of drug-likeness (QED) is 0.626. The Morgan fingerprint density at radius 3 is 2.45 bits per heavy atom. The van der Waals surface area contributed by atoms with E-state index in [-0.39, 0.29) is 12.0 Å². The van der Waals surface area contributed by atoms with Gasteiger partial charge in [-0.25, -0.2) is 0 Å². The Labute approximate surface area is 67.6 Å². The molecule has 0 unspecified atom stereocenters. The molecule has 0 aliphatic heterocycles. The van der Waals surface area contributed by atoms with Crippen LogP contribution in [0.1, 0.15) is 38.5 Å². The molecule has 0 atom stereocenters. The fourth-order valence-electron chi connectivity index (χ4n) is 1.94. The van der Waals surface area contributed by atoms with Gasteiger partial charge in [0.25, 0.3) is 0 Å². The molecule has 11 heavy (non-hydrogen) atoms. The fourth-order valence-corrected chi connectivity index (χ4v) is 1.94. The standard InChI is InChI=1S/C9H16O2/c10-7-3-6-9(8-11)4-1-2-5-9/h8,10H,1-7H2. The van der Waals surface area contributed by atoms with E-state index in [1.54, 1.807) is 0 Å². The molecule has 0 saturated heterocycles. The molecule has 1 fully saturated rings. The summed E-state index contributed by atoms with van der Waals surface area (Å²) >= 11 is 0. The monoisotopic (exact) mass is 156 g/mol. The number of aldehydes is 1. The molecule has 1 aliphatic carbocycles. The molecular weight excluding hydrogens is 140 g/mol. The lowest BCUT2D eigenvalue weighted by Crippen LogP contribution is -2.18. The molecule has 1 aliphatic rings. The molecule has 0 aromatic heterocycles. The van der Waals surface area contributed by atoms with Gasteiger partial charge in [0.2, 0.25) is 0 Å². The summed E-state index contributed by atoms with van der Waals surface area (Å²) in [5, 5.41) is 8.62. The maximum Gasteiger partial charge on any atom is 0.126 e. The largest absolute Gasteiger partial charge is 0.396 e. The van der Waals surface area contributed by atoms with E-state index < -0.39 is 0 Å². The normalized spacial score (nSPS) is 21.9. The van der Waals surface area contributed by atoms with Gasteiger partial charge in [-0.1, -0.05) is 12.8 Å². The van der Waals surface area contributed by atoms with E-state index in [1.165, 1.54) is 12.8 Å². The van der Waals surface area contributed by atoms with Gasteiger partial charge < -0.3 is 9.90 Å². The van der Waals surface area contributed by atoms with Crippen LogP contribution < -0.4 is 0 Å². The first-order valence-electron chi connectivity index (χ1n) is 4.40. The zero-order valence-electron chi connectivity index (χ0n) is 6.88. The third-order valence-electron chi connectivity index (χ3n) is 2.68. The Balaban J connectivity index is 2.39. The predicted molar refractivity (Wildman–Crippen MR) is 43.3 cm³/mol. The summed E-state index contributed by atoms with van der Waals surface area (Å²) in [6, 6.07) is 0. The van der Waals surface area contributed by atoms with Gasteiger partial charge in [-0.3, -0.25) is 0 Å². The van der Waals surface area contributed by atoms with Crippen molar-refractivity contribution in [3.63, 3.8) is 0 Å². The fraction of sp³-hybridized carbons (Fsp3) is 0.889. The van der Waals surface area contributed by atoms with Crippen LogP contribution in [0.3, 0.4) is 0 Å². The summed E-state index contributed by atoms with van der Waals surface area (Å²) in [7, 11) is 0. The third kappa shape index (κ3) is 2.03. The minimum atomic E-state index is -0.0528. The highest BCUT2D eigenvalue weighted by molar-refractivity contribution is 5.59. The molecule has 1 saturated carbocycles. The maximum absolute atomic E-state index is 10.8. The highest BCUT2D eigenvalue weighted by Gasteiger charge is 2.32. The van der Waals surface area contributed by atoms with Crippen molar-refractivity contribution in [2.75, 3.05) is 6.61 Å². The molecule has 0 spiro atoms. The van der Waals surface area contributed by atoms with Gasteiger partial charge in [-0.2, -0.15) is 0 Å². The van der Waals surface area contributed by atoms with E-state index in [9.17, 15) is 4.79 Å². The molecule has 64 valence electrons. The molecule has 0 heterocycles. The van der Waals surface area contributed by atoms with Crippen molar-refractivity contribution in [2.24, 2.45) is 5.41 Å². The van der Waals surface area contributed by atoms with E-state index in [1.807, 2.05) is 0 Å². The van der Waals surface area contributed by atoms with Gasteiger partial charge in [-0.05, 0) is 25.7 Å². The minimum Gasteiger partial charge on any atom is -0.396 e. The van der Waals surface area contributed by atoms with Crippen LogP contribution in [0.5, 0.6) is 0 Å². The van der Waals surface area contributed by atoms with Gasteiger partial charge in [0.15, 0.2) is 0 Å². The average molecular weight is 156 g/mol. The Kier molecular flexibility index (Phi) is 3.06. The SMILES string of the molecule is O=CC1(CCCO)CCCC1. The van der Waals surface area contributed by atoms with Gasteiger partial charge in [0.1, 0.15) is 6.29 Å². The number of aliphatic hydroxyl groups is 1. The molecule has 1 rings (SSSR count). The smallest absolute Gasteiger partial charge is 0.126 e. The van der Waals surface area contributed by atoms with Gasteiger partial charge >= 0.3 is 0 Å². The van der Waals surface area contributed by atoms with E-state index in [0.29, 0.717) is 0 Å². The summed E-state index contributed by atoms with van der Waals surface area (Å²) in [5.41, 5.74) is -0.0528. The summed E-state index contributed by atoms with van der Waals surface area (Å²) in [6.07, 6.45) is 7.21. The van der Waals surface area contributed by atoms with Gasteiger partial charge in [0, 0.05) is 12.0 Å². The average Bonchev–Trinajstić information content (AvgIpc) is 2.50. The summed E-state index contributed by atoms with van der Waals surface area (Å²) in [6.45, 7) is 0.218. The second-order valence-electron chi connectivity index (χ2n) is 3.51. The highest BCUT2D eigenvalue weighted by Crippen LogP contribution is 2.39. The number of hydrogen-bond donors (Lipinski definition) is 1. The van der Waals surface area contributed by atoms with E-state index in [4.69, 9.17) is 5.11 Å². The zero-order valence-corrected chi connectivity index (χ0v) is 6.88. The van der Waals surface area contributed by atoms with Crippen LogP contribution in [0.25, 0.3) is 0 Å². The molecule has 2 nitrogen and oxygen atoms in total. The third-order valence-corrected chi connectivity index (χ3v) is 2.68. The van der Waals surface area contributed by atoms with Gasteiger partial charge in [0.05, 0.1) is 0 Å². The van der Waals surface area contributed by atoms with Crippen molar-refractivity contribution < 1.29 is 9.90 Å². The Bertz CT molecular complexity index is 126. The topological polar surface area (TPSA) is 37.3 Å². The highest BCUT2D eigenvalue weighted by atomic mass is 16.2. The van der Waals surface area contributed by atoms with E-state index in [0.717, 1.165) is 32.0 Å². The Morgan fingerprint density at radius 1 is 1.36 bits per heavy atom. The first-order chi connectivity index (χ1) is 5.33. The number of carbonyl (C=O) groups is 1. The first-order valence-corrected chi connectivity index (χ1v) is 4.40. The van der Waals surface area contributed by atoms with Crippen LogP contribution in [-0.4, -0.2) is 18.0 Å². The number of hydrogen-bond acceptors (Lipinski definition) is 2. The van der Waals surface area contributed by atoms with Crippen molar-refractivity contribution in [1.29, 1.82) is 0 Å². The van der Waals surface area contributed by atoms with Gasteiger partial charge in [-0.15, -0.1) is 0 Å². The van der Waals surface area contributed by atoms with E-state index in [2.05, 4.69) is 0 Å². The zero-order chi connectivity index (χ0) is 8.16. The molecule has 0 amide bonds. The lowest BCUT2D eigenvalue weighted by Gasteiger charge is -2.20. The lowest BCUT2D eigenvalue weighted by atomic mass is 9.83. The van der Waals surface area contributed by atoms with Crippen molar-refractivity contribution in [2.45, 2.75) is 38.5 Å². The predicted octanol–water partition coefficient (Wildman–Crippen LogP) is 1.52. The van der Waals surface area contributed by atoms with Crippen LogP contribution in [0, 0.1) is 5.41 Å².